The third-order valence-corrected chi connectivity index (χ3v) is 3.92. The van der Waals surface area contributed by atoms with Crippen LogP contribution >= 0.6 is 0 Å². The van der Waals surface area contributed by atoms with E-state index in [9.17, 15) is 9.59 Å². The fraction of sp³-hybridized carbons (Fsp3) is 0.529. The predicted octanol–water partition coefficient (Wildman–Crippen LogP) is 1.64. The summed E-state index contributed by atoms with van der Waals surface area (Å²) in [4.78, 5) is 25.4. The Morgan fingerprint density at radius 1 is 1.30 bits per heavy atom. The predicted molar refractivity (Wildman–Crippen MR) is 90.5 cm³/mol. The summed E-state index contributed by atoms with van der Waals surface area (Å²) in [7, 11) is 0. The van der Waals surface area contributed by atoms with Gasteiger partial charge in [0, 0.05) is 32.2 Å². The molecule has 3 N–H and O–H groups in total. The van der Waals surface area contributed by atoms with E-state index < -0.39 is 0 Å². The first-order valence-corrected chi connectivity index (χ1v) is 8.21. The van der Waals surface area contributed by atoms with Gasteiger partial charge in [-0.25, -0.2) is 9.59 Å². The number of rotatable bonds is 5. The average molecular weight is 318 g/mol. The number of hydrogen-bond donors (Lipinski definition) is 3. The van der Waals surface area contributed by atoms with Crippen molar-refractivity contribution in [2.45, 2.75) is 32.7 Å². The van der Waals surface area contributed by atoms with Gasteiger partial charge in [-0.15, -0.1) is 0 Å². The largest absolute Gasteiger partial charge is 0.338 e. The van der Waals surface area contributed by atoms with Crippen LogP contribution in [0.5, 0.6) is 0 Å². The van der Waals surface area contributed by atoms with Gasteiger partial charge < -0.3 is 20.9 Å². The zero-order valence-electron chi connectivity index (χ0n) is 13.9. The molecule has 0 saturated carbocycles. The minimum absolute atomic E-state index is 0.0246. The van der Waals surface area contributed by atoms with Gasteiger partial charge in [0.05, 0.1) is 0 Å². The molecular weight excluding hydrogens is 292 g/mol. The topological polar surface area (TPSA) is 73.5 Å². The second kappa shape index (κ2) is 8.41. The number of aryl methyl sites for hydroxylation is 1. The van der Waals surface area contributed by atoms with Gasteiger partial charge in [0.2, 0.25) is 0 Å². The number of amides is 4. The Morgan fingerprint density at radius 3 is 2.87 bits per heavy atom. The highest BCUT2D eigenvalue weighted by molar-refractivity contribution is 5.76. The van der Waals surface area contributed by atoms with Gasteiger partial charge in [-0.05, 0) is 32.3 Å². The van der Waals surface area contributed by atoms with Gasteiger partial charge in [-0.1, -0.05) is 29.8 Å². The van der Waals surface area contributed by atoms with Crippen molar-refractivity contribution >= 4 is 12.1 Å². The smallest absolute Gasteiger partial charge is 0.317 e. The van der Waals surface area contributed by atoms with Crippen LogP contribution in [0.2, 0.25) is 0 Å². The van der Waals surface area contributed by atoms with Gasteiger partial charge in [-0.3, -0.25) is 0 Å². The van der Waals surface area contributed by atoms with Crippen molar-refractivity contribution in [2.75, 3.05) is 26.2 Å². The molecule has 2 rings (SSSR count). The normalized spacial score (nSPS) is 17.0. The Morgan fingerprint density at radius 2 is 2.13 bits per heavy atom. The van der Waals surface area contributed by atoms with Crippen LogP contribution in [0, 0.1) is 6.92 Å². The zero-order valence-corrected chi connectivity index (χ0v) is 13.9. The highest BCUT2D eigenvalue weighted by atomic mass is 16.2. The summed E-state index contributed by atoms with van der Waals surface area (Å²) in [6, 6.07) is 8.08. The molecule has 1 aliphatic rings. The van der Waals surface area contributed by atoms with Crippen LogP contribution in [0.1, 0.15) is 24.5 Å². The number of urea groups is 2. The van der Waals surface area contributed by atoms with Crippen LogP contribution in [-0.4, -0.2) is 49.2 Å². The minimum Gasteiger partial charge on any atom is -0.338 e. The van der Waals surface area contributed by atoms with Crippen molar-refractivity contribution in [1.82, 2.24) is 20.9 Å². The fourth-order valence-corrected chi connectivity index (χ4v) is 2.75. The van der Waals surface area contributed by atoms with E-state index in [2.05, 4.69) is 41.1 Å². The van der Waals surface area contributed by atoms with Crippen LogP contribution in [0.3, 0.4) is 0 Å². The van der Waals surface area contributed by atoms with Crippen LogP contribution < -0.4 is 16.0 Å². The third kappa shape index (κ3) is 5.47. The molecule has 1 fully saturated rings. The van der Waals surface area contributed by atoms with Crippen LogP contribution in [0.15, 0.2) is 24.3 Å². The number of likely N-dealkylation sites (tertiary alicyclic amines) is 1. The van der Waals surface area contributed by atoms with E-state index >= 15 is 0 Å². The molecule has 0 bridgehead atoms. The number of benzene rings is 1. The van der Waals surface area contributed by atoms with E-state index in [1.165, 1.54) is 11.1 Å². The lowest BCUT2D eigenvalue weighted by Crippen LogP contribution is -2.45. The fourth-order valence-electron chi connectivity index (χ4n) is 2.75. The summed E-state index contributed by atoms with van der Waals surface area (Å²) in [5.74, 6) is 0. The highest BCUT2D eigenvalue weighted by Gasteiger charge is 2.26. The molecule has 6 nitrogen and oxygen atoms in total. The molecule has 0 spiro atoms. The van der Waals surface area contributed by atoms with Gasteiger partial charge >= 0.3 is 12.1 Å². The Hall–Kier alpha value is -2.24. The first-order chi connectivity index (χ1) is 11.1. The van der Waals surface area contributed by atoms with Gasteiger partial charge in [0.1, 0.15) is 0 Å². The lowest BCUT2D eigenvalue weighted by molar-refractivity contribution is 0.207. The lowest BCUT2D eigenvalue weighted by atomic mass is 10.1. The van der Waals surface area contributed by atoms with E-state index in [1.807, 2.05) is 13.0 Å². The SMILES string of the molecule is CCNC(=O)N1CC[C@H](NC(=O)NCCc2cccc(C)c2)C1. The van der Waals surface area contributed by atoms with E-state index in [4.69, 9.17) is 0 Å². The van der Waals surface area contributed by atoms with Crippen LogP contribution in [0.25, 0.3) is 0 Å². The number of carbonyl (C=O) groups is 2. The van der Waals surface area contributed by atoms with Gasteiger partial charge in [-0.2, -0.15) is 0 Å². The molecule has 23 heavy (non-hydrogen) atoms. The average Bonchev–Trinajstić information content (AvgIpc) is 2.96. The van der Waals surface area contributed by atoms with Crippen molar-refractivity contribution in [1.29, 1.82) is 0 Å². The molecule has 1 heterocycles. The first kappa shape index (κ1) is 17.1. The van der Waals surface area contributed by atoms with E-state index in [0.29, 0.717) is 26.2 Å². The quantitative estimate of drug-likeness (QED) is 0.772. The molecule has 0 aliphatic carbocycles. The summed E-state index contributed by atoms with van der Waals surface area (Å²) in [5.41, 5.74) is 2.44. The standard InChI is InChI=1S/C17H26N4O2/c1-3-18-17(23)21-10-8-15(12-21)20-16(22)19-9-7-14-6-4-5-13(2)11-14/h4-6,11,15H,3,7-10,12H2,1-2H3,(H,18,23)(H2,19,20,22)/t15-/m0/s1. The molecule has 0 unspecified atom stereocenters. The van der Waals surface area contributed by atoms with Crippen molar-refractivity contribution in [3.05, 3.63) is 35.4 Å². The summed E-state index contributed by atoms with van der Waals surface area (Å²) in [5, 5.41) is 8.59. The van der Waals surface area contributed by atoms with Gasteiger partial charge in [0.25, 0.3) is 0 Å². The van der Waals surface area contributed by atoms with Crippen molar-refractivity contribution in [3.8, 4) is 0 Å². The second-order valence-corrected chi connectivity index (χ2v) is 5.91. The van der Waals surface area contributed by atoms with Gasteiger partial charge in [0.15, 0.2) is 0 Å². The van der Waals surface area contributed by atoms with E-state index in [-0.39, 0.29) is 18.1 Å². The Labute approximate surface area is 137 Å². The molecular formula is C17H26N4O2. The number of nitrogens with zero attached hydrogens (tertiary/aromatic N) is 1. The maximum atomic E-state index is 11.9. The molecule has 6 heteroatoms. The monoisotopic (exact) mass is 318 g/mol. The maximum Gasteiger partial charge on any atom is 0.317 e. The first-order valence-electron chi connectivity index (χ1n) is 8.21. The number of nitrogens with one attached hydrogen (secondary N) is 3. The Bertz CT molecular complexity index is 547. The van der Waals surface area contributed by atoms with E-state index in [1.54, 1.807) is 4.90 Å². The summed E-state index contributed by atoms with van der Waals surface area (Å²) < 4.78 is 0. The van der Waals surface area contributed by atoms with Crippen molar-refractivity contribution in [3.63, 3.8) is 0 Å². The molecule has 0 aromatic heterocycles. The molecule has 4 amide bonds. The molecule has 1 atom stereocenters. The van der Waals surface area contributed by atoms with Crippen molar-refractivity contribution < 1.29 is 9.59 Å². The molecule has 1 aliphatic heterocycles. The van der Waals surface area contributed by atoms with E-state index in [0.717, 1.165) is 12.8 Å². The summed E-state index contributed by atoms with van der Waals surface area (Å²) in [6.07, 6.45) is 1.60. The zero-order chi connectivity index (χ0) is 16.7. The Kier molecular flexibility index (Phi) is 6.26. The van der Waals surface area contributed by atoms with Crippen molar-refractivity contribution in [2.24, 2.45) is 0 Å². The Balaban J connectivity index is 1.66. The number of hydrogen-bond acceptors (Lipinski definition) is 2. The summed E-state index contributed by atoms with van der Waals surface area (Å²) in [6.45, 7) is 6.42. The molecule has 1 aromatic carbocycles. The lowest BCUT2D eigenvalue weighted by Gasteiger charge is -2.17. The van der Waals surface area contributed by atoms with Crippen LogP contribution in [0.4, 0.5) is 9.59 Å². The molecule has 1 saturated heterocycles. The van der Waals surface area contributed by atoms with Crippen LogP contribution in [-0.2, 0) is 6.42 Å². The molecule has 126 valence electrons. The number of carbonyl (C=O) groups excluding carboxylic acids is 2. The molecule has 0 radical (unpaired) electrons. The maximum absolute atomic E-state index is 11.9. The highest BCUT2D eigenvalue weighted by Crippen LogP contribution is 2.09. The second-order valence-electron chi connectivity index (χ2n) is 5.91. The minimum atomic E-state index is -0.166. The summed E-state index contributed by atoms with van der Waals surface area (Å²) >= 11 is 0. The third-order valence-electron chi connectivity index (χ3n) is 3.92. The molecule has 1 aromatic rings.